The van der Waals surface area contributed by atoms with Crippen LogP contribution in [-0.4, -0.2) is 106 Å². The summed E-state index contributed by atoms with van der Waals surface area (Å²) in [6, 6.07) is 0. The molecule has 9 aliphatic rings. The van der Waals surface area contributed by atoms with Gasteiger partial charge in [0.2, 0.25) is 0 Å². The summed E-state index contributed by atoms with van der Waals surface area (Å²) in [7, 11) is -4.19. The molecule has 18 nitrogen and oxygen atoms in total. The minimum atomic E-state index is -4.19. The molecule has 3 N–H and O–H groups in total. The number of nitrogens with one attached hydrogen (secondary N) is 3. The van der Waals surface area contributed by atoms with Crippen LogP contribution in [0.4, 0.5) is 11.6 Å². The van der Waals surface area contributed by atoms with Crippen LogP contribution in [-0.2, 0) is 8.85 Å². The molecule has 7 aliphatic heterocycles. The van der Waals surface area contributed by atoms with Crippen LogP contribution >= 0.6 is 0 Å². The highest BCUT2D eigenvalue weighted by molar-refractivity contribution is 6.68. The minimum absolute atomic E-state index is 0.338. The lowest BCUT2D eigenvalue weighted by Gasteiger charge is -2.44. The fraction of sp³-hybridized carbons (Fsp3) is 0.447. The fourth-order valence-electron chi connectivity index (χ4n) is 9.43. The molecular formula is C38H40N16O2Si. The Hall–Kier alpha value is -5.79. The van der Waals surface area contributed by atoms with E-state index in [1.165, 1.54) is 38.5 Å². The molecule has 3 aromatic heterocycles. The SMILES string of the molecule is C1=NC2=C(NC1)C1=Nc3c4nccnc4c4n3[Si](OCC3CCCCC3)(OCC3CCCCC3)N3C(=NC2=N1)c1nccnc1C3NC1=NC(=N4)C2=C1NCC=N2. The Balaban J connectivity index is 1.21. The van der Waals surface area contributed by atoms with Gasteiger partial charge in [0, 0.05) is 50.4 Å². The van der Waals surface area contributed by atoms with E-state index >= 15 is 0 Å². The first-order valence-electron chi connectivity index (χ1n) is 20.2. The molecule has 2 aliphatic carbocycles. The van der Waals surface area contributed by atoms with Crippen molar-refractivity contribution in [2.24, 2.45) is 46.8 Å². The lowest BCUT2D eigenvalue weighted by Crippen LogP contribution is -2.68. The summed E-state index contributed by atoms with van der Waals surface area (Å²) in [5, 5.41) is 10.8. The second-order valence-corrected chi connectivity index (χ2v) is 18.3. The maximum Gasteiger partial charge on any atom is 0.599 e. The van der Waals surface area contributed by atoms with Crippen molar-refractivity contribution in [1.29, 1.82) is 0 Å². The summed E-state index contributed by atoms with van der Waals surface area (Å²) in [5.41, 5.74) is 4.93. The molecule has 2 saturated carbocycles. The third-order valence-electron chi connectivity index (χ3n) is 12.2. The Morgan fingerprint density at radius 2 is 1.23 bits per heavy atom. The van der Waals surface area contributed by atoms with Crippen molar-refractivity contribution in [3.05, 3.63) is 59.0 Å². The van der Waals surface area contributed by atoms with E-state index in [0.717, 1.165) is 31.4 Å². The van der Waals surface area contributed by atoms with Crippen LogP contribution in [0.25, 0.3) is 11.0 Å². The average Bonchev–Trinajstić information content (AvgIpc) is 3.98. The van der Waals surface area contributed by atoms with Crippen molar-refractivity contribution in [3.63, 3.8) is 0 Å². The van der Waals surface area contributed by atoms with Crippen molar-refractivity contribution in [2.45, 2.75) is 70.4 Å². The second kappa shape index (κ2) is 13.1. The Labute approximate surface area is 328 Å². The average molecular weight is 781 g/mol. The molecule has 1 atom stereocenters. The van der Waals surface area contributed by atoms with Crippen LogP contribution in [0.3, 0.4) is 0 Å². The molecule has 0 radical (unpaired) electrons. The lowest BCUT2D eigenvalue weighted by atomic mass is 9.90. The van der Waals surface area contributed by atoms with E-state index in [0.29, 0.717) is 118 Å². The number of nitrogens with zero attached hydrogens (tertiary/aromatic N) is 13. The number of fused-ring (bicyclic) bond motifs is 12. The molecule has 0 spiro atoms. The molecule has 1 unspecified atom stereocenters. The largest absolute Gasteiger partial charge is 0.599 e. The molecule has 0 amide bonds. The van der Waals surface area contributed by atoms with Crippen molar-refractivity contribution < 1.29 is 8.85 Å². The monoisotopic (exact) mass is 780 g/mol. The Bertz CT molecular complexity index is 2490. The molecule has 3 aromatic rings. The molecule has 19 heteroatoms. The van der Waals surface area contributed by atoms with Gasteiger partial charge in [-0.2, -0.15) is 0 Å². The quantitative estimate of drug-likeness (QED) is 0.310. The van der Waals surface area contributed by atoms with Crippen LogP contribution in [0.15, 0.2) is 82.5 Å². The van der Waals surface area contributed by atoms with Gasteiger partial charge < -0.3 is 24.8 Å². The normalized spacial score (nSPS) is 24.4. The summed E-state index contributed by atoms with van der Waals surface area (Å²) in [4.78, 5) is 55.9. The van der Waals surface area contributed by atoms with Crippen LogP contribution in [0.5, 0.6) is 0 Å². The van der Waals surface area contributed by atoms with Crippen molar-refractivity contribution in [3.8, 4) is 0 Å². The van der Waals surface area contributed by atoms with Gasteiger partial charge in [0.15, 0.2) is 40.8 Å². The van der Waals surface area contributed by atoms with Gasteiger partial charge in [-0.1, -0.05) is 38.5 Å². The zero-order valence-electron chi connectivity index (χ0n) is 31.2. The first-order valence-corrected chi connectivity index (χ1v) is 21.9. The van der Waals surface area contributed by atoms with E-state index in [1.807, 2.05) is 12.4 Å². The Kier molecular flexibility index (Phi) is 7.69. The maximum absolute atomic E-state index is 7.73. The first-order chi connectivity index (χ1) is 28.2. The number of amidine groups is 5. The van der Waals surface area contributed by atoms with E-state index in [4.69, 9.17) is 63.7 Å². The van der Waals surface area contributed by atoms with E-state index in [9.17, 15) is 0 Å². The first kappa shape index (κ1) is 33.4. The van der Waals surface area contributed by atoms with E-state index in [1.54, 1.807) is 24.8 Å². The number of hydrogen-bond acceptors (Lipinski definition) is 17. The van der Waals surface area contributed by atoms with Gasteiger partial charge in [-0.25, -0.2) is 39.9 Å². The predicted octanol–water partition coefficient (Wildman–Crippen LogP) is 3.73. The molecular weight excluding hydrogens is 741 g/mol. The molecule has 57 heavy (non-hydrogen) atoms. The number of hydrogen-bond donors (Lipinski definition) is 3. The summed E-state index contributed by atoms with van der Waals surface area (Å²) >= 11 is 0. The highest BCUT2D eigenvalue weighted by Crippen LogP contribution is 2.47. The standard InChI is InChI=1S/C38H40N16O2Si/c1-3-7-21(8-4-1)19-55-57(56-20-22-9-5-2-6-10-22)53-35-27-28(44-16-15-43-27)37(53)51-33-25-26(42-14-13-41-25)34(48-33)52-38-30-29(45-17-18-46-30)36(54(38)57)50-32-24-23(31(47-32)49-35)39-11-12-40-24/h11,14-18,21-22,36,40-41H,1-10,12-13,19-20H2,(H,47,49,50). The molecule has 2 fully saturated rings. The van der Waals surface area contributed by atoms with Gasteiger partial charge in [0.25, 0.3) is 0 Å². The van der Waals surface area contributed by atoms with Gasteiger partial charge in [-0.3, -0.25) is 23.8 Å². The van der Waals surface area contributed by atoms with Crippen molar-refractivity contribution in [1.82, 2.24) is 44.7 Å². The highest BCUT2D eigenvalue weighted by atomic mass is 28.4. The van der Waals surface area contributed by atoms with Gasteiger partial charge in [-0.05, 0) is 37.5 Å². The Morgan fingerprint density at radius 3 is 1.93 bits per heavy atom. The molecule has 6 bridgehead atoms. The smallest absolute Gasteiger partial charge is 0.375 e. The van der Waals surface area contributed by atoms with Crippen LogP contribution in [0.1, 0.15) is 81.8 Å². The summed E-state index contributed by atoms with van der Waals surface area (Å²) in [5.74, 6) is 3.94. The molecule has 12 rings (SSSR count). The second-order valence-electron chi connectivity index (χ2n) is 15.7. The third-order valence-corrected chi connectivity index (χ3v) is 15.3. The molecule has 288 valence electrons. The summed E-state index contributed by atoms with van der Waals surface area (Å²) in [6.07, 6.45) is 21.2. The zero-order chi connectivity index (χ0) is 37.5. The minimum Gasteiger partial charge on any atom is -0.375 e. The van der Waals surface area contributed by atoms with Gasteiger partial charge in [0.05, 0.1) is 13.1 Å². The highest BCUT2D eigenvalue weighted by Gasteiger charge is 2.62. The molecule has 0 aromatic carbocycles. The van der Waals surface area contributed by atoms with Crippen LogP contribution < -0.4 is 16.0 Å². The summed E-state index contributed by atoms with van der Waals surface area (Å²) in [6.45, 7) is 1.99. The van der Waals surface area contributed by atoms with Gasteiger partial charge in [0.1, 0.15) is 51.4 Å². The zero-order valence-corrected chi connectivity index (χ0v) is 32.2. The maximum atomic E-state index is 7.73. The van der Waals surface area contributed by atoms with Gasteiger partial charge >= 0.3 is 8.88 Å². The van der Waals surface area contributed by atoms with Crippen molar-refractivity contribution in [2.75, 3.05) is 26.3 Å². The molecule has 0 saturated heterocycles. The third kappa shape index (κ3) is 5.17. The number of aromatic nitrogens is 5. The topological polar surface area (TPSA) is 201 Å². The fourth-order valence-corrected chi connectivity index (χ4v) is 13.0. The van der Waals surface area contributed by atoms with Crippen molar-refractivity contribution >= 4 is 73.2 Å². The number of aliphatic imine (C=N–C) groups is 7. The summed E-state index contributed by atoms with van der Waals surface area (Å²) < 4.78 is 19.7. The van der Waals surface area contributed by atoms with Crippen LogP contribution in [0.2, 0.25) is 0 Å². The Morgan fingerprint density at radius 1 is 0.632 bits per heavy atom. The van der Waals surface area contributed by atoms with Gasteiger partial charge in [-0.15, -0.1) is 0 Å². The predicted molar refractivity (Wildman–Crippen MR) is 216 cm³/mol. The lowest BCUT2D eigenvalue weighted by molar-refractivity contribution is 0.0677. The number of rotatable bonds is 6. The van der Waals surface area contributed by atoms with E-state index in [2.05, 4.69) is 24.7 Å². The van der Waals surface area contributed by atoms with E-state index in [-0.39, 0.29) is 0 Å². The van der Waals surface area contributed by atoms with Crippen LogP contribution in [0, 0.1) is 11.8 Å². The van der Waals surface area contributed by atoms with E-state index < -0.39 is 15.0 Å². The molecule has 10 heterocycles.